The van der Waals surface area contributed by atoms with Crippen LogP contribution in [0.3, 0.4) is 0 Å². The summed E-state index contributed by atoms with van der Waals surface area (Å²) in [5.41, 5.74) is 0.431. The molecule has 0 heterocycles. The molecule has 0 amide bonds. The second-order valence-corrected chi connectivity index (χ2v) is 4.15. The van der Waals surface area contributed by atoms with Gasteiger partial charge in [-0.2, -0.15) is 0 Å². The fraction of sp³-hybridized carbons (Fsp3) is 0.333. The maximum absolute atomic E-state index is 10.7. The number of aromatic hydroxyl groups is 2. The van der Waals surface area contributed by atoms with Crippen molar-refractivity contribution in [1.82, 2.24) is 4.90 Å². The van der Waals surface area contributed by atoms with E-state index in [4.69, 9.17) is 10.2 Å². The van der Waals surface area contributed by atoms with Crippen LogP contribution in [0.5, 0.6) is 11.5 Å². The molecule has 1 atom stereocenters. The molecule has 1 unspecified atom stereocenters. The molecule has 0 fully saturated rings. The van der Waals surface area contributed by atoms with E-state index in [1.54, 1.807) is 6.92 Å². The van der Waals surface area contributed by atoms with E-state index in [1.165, 1.54) is 17.0 Å². The number of phenols is 2. The Morgan fingerprint density at radius 1 is 1.05 bits per heavy atom. The Bertz CT molecular complexity index is 451. The lowest BCUT2D eigenvalue weighted by Crippen LogP contribution is -2.36. The average molecular weight is 269 g/mol. The van der Waals surface area contributed by atoms with Gasteiger partial charge in [0.25, 0.3) is 0 Å². The number of hydrogen-bond donors (Lipinski definition) is 4. The Morgan fingerprint density at radius 2 is 1.47 bits per heavy atom. The lowest BCUT2D eigenvalue weighted by Gasteiger charge is -2.26. The van der Waals surface area contributed by atoms with Crippen LogP contribution in [-0.2, 0) is 9.59 Å². The molecule has 0 radical (unpaired) electrons. The number of rotatable bonds is 6. The summed E-state index contributed by atoms with van der Waals surface area (Å²) < 4.78 is 0. The molecule has 7 heteroatoms. The number of carboxylic acids is 2. The standard InChI is InChI=1S/C12H15NO6/c1-7(8-2-9(14)4-10(15)3-8)13(5-11(16)17)6-12(18)19/h2-4,7,14-15H,5-6H2,1H3,(H,16,17)(H,18,19). The van der Waals surface area contributed by atoms with E-state index in [2.05, 4.69) is 0 Å². The van der Waals surface area contributed by atoms with Crippen molar-refractivity contribution in [2.45, 2.75) is 13.0 Å². The summed E-state index contributed by atoms with van der Waals surface area (Å²) >= 11 is 0. The van der Waals surface area contributed by atoms with Gasteiger partial charge < -0.3 is 20.4 Å². The smallest absolute Gasteiger partial charge is 0.317 e. The molecule has 0 saturated carbocycles. The molecule has 7 nitrogen and oxygen atoms in total. The normalized spacial score (nSPS) is 12.3. The molecule has 0 aliphatic heterocycles. The molecule has 0 aliphatic rings. The summed E-state index contributed by atoms with van der Waals surface area (Å²) in [7, 11) is 0. The number of nitrogens with zero attached hydrogens (tertiary/aromatic N) is 1. The Kier molecular flexibility index (Phi) is 4.71. The molecule has 19 heavy (non-hydrogen) atoms. The van der Waals surface area contributed by atoms with Crippen LogP contribution in [0.1, 0.15) is 18.5 Å². The molecule has 0 aliphatic carbocycles. The molecule has 0 saturated heterocycles. The first-order valence-corrected chi connectivity index (χ1v) is 5.50. The van der Waals surface area contributed by atoms with E-state index >= 15 is 0 Å². The summed E-state index contributed by atoms with van der Waals surface area (Å²) in [5, 5.41) is 36.3. The van der Waals surface area contributed by atoms with Crippen LogP contribution >= 0.6 is 0 Å². The molecule has 0 aromatic heterocycles. The number of benzene rings is 1. The van der Waals surface area contributed by atoms with E-state index in [1.807, 2.05) is 0 Å². The molecular weight excluding hydrogens is 254 g/mol. The van der Waals surface area contributed by atoms with Crippen molar-refractivity contribution in [2.75, 3.05) is 13.1 Å². The van der Waals surface area contributed by atoms with Crippen molar-refractivity contribution in [2.24, 2.45) is 0 Å². The highest BCUT2D eigenvalue weighted by Crippen LogP contribution is 2.27. The molecule has 0 bridgehead atoms. The Hall–Kier alpha value is -2.28. The van der Waals surface area contributed by atoms with Crippen LogP contribution in [0.15, 0.2) is 18.2 Å². The second kappa shape index (κ2) is 6.05. The molecule has 104 valence electrons. The minimum absolute atomic E-state index is 0.174. The van der Waals surface area contributed by atoms with Gasteiger partial charge in [0.2, 0.25) is 0 Å². The van der Waals surface area contributed by atoms with Crippen LogP contribution in [0.25, 0.3) is 0 Å². The maximum atomic E-state index is 10.7. The zero-order valence-electron chi connectivity index (χ0n) is 10.3. The third-order valence-corrected chi connectivity index (χ3v) is 2.63. The number of carbonyl (C=O) groups is 2. The Labute approximate surface area is 109 Å². The van der Waals surface area contributed by atoms with Gasteiger partial charge in [0.1, 0.15) is 11.5 Å². The maximum Gasteiger partial charge on any atom is 0.317 e. The van der Waals surface area contributed by atoms with Crippen LogP contribution in [0, 0.1) is 0 Å². The van der Waals surface area contributed by atoms with Crippen molar-refractivity contribution in [3.8, 4) is 11.5 Å². The van der Waals surface area contributed by atoms with Gasteiger partial charge in [0, 0.05) is 12.1 Å². The van der Waals surface area contributed by atoms with Crippen molar-refractivity contribution in [1.29, 1.82) is 0 Å². The van der Waals surface area contributed by atoms with E-state index in [9.17, 15) is 19.8 Å². The van der Waals surface area contributed by atoms with Gasteiger partial charge in [0.15, 0.2) is 0 Å². The largest absolute Gasteiger partial charge is 0.508 e. The van der Waals surface area contributed by atoms with Crippen LogP contribution in [0.2, 0.25) is 0 Å². The topological polar surface area (TPSA) is 118 Å². The minimum Gasteiger partial charge on any atom is -0.508 e. The molecule has 1 aromatic rings. The van der Waals surface area contributed by atoms with E-state index < -0.39 is 31.1 Å². The summed E-state index contributed by atoms with van der Waals surface area (Å²) in [6.07, 6.45) is 0. The van der Waals surface area contributed by atoms with E-state index in [0.29, 0.717) is 5.56 Å². The number of hydrogen-bond acceptors (Lipinski definition) is 5. The third kappa shape index (κ3) is 4.47. The number of carboxylic acid groups (broad SMARTS) is 2. The average Bonchev–Trinajstić information content (AvgIpc) is 2.24. The minimum atomic E-state index is -1.16. The third-order valence-electron chi connectivity index (χ3n) is 2.63. The highest BCUT2D eigenvalue weighted by Gasteiger charge is 2.21. The van der Waals surface area contributed by atoms with E-state index in [-0.39, 0.29) is 11.5 Å². The van der Waals surface area contributed by atoms with Gasteiger partial charge in [0.05, 0.1) is 13.1 Å². The Balaban J connectivity index is 2.99. The highest BCUT2D eigenvalue weighted by atomic mass is 16.4. The van der Waals surface area contributed by atoms with Gasteiger partial charge >= 0.3 is 11.9 Å². The zero-order valence-corrected chi connectivity index (χ0v) is 10.3. The first-order valence-electron chi connectivity index (χ1n) is 5.50. The predicted molar refractivity (Wildman–Crippen MR) is 65.0 cm³/mol. The lowest BCUT2D eigenvalue weighted by atomic mass is 10.1. The summed E-state index contributed by atoms with van der Waals surface area (Å²) in [5.74, 6) is -2.66. The van der Waals surface area contributed by atoms with Crippen LogP contribution < -0.4 is 0 Å². The van der Waals surface area contributed by atoms with Crippen molar-refractivity contribution in [3.63, 3.8) is 0 Å². The van der Waals surface area contributed by atoms with Gasteiger partial charge in [-0.15, -0.1) is 0 Å². The first-order chi connectivity index (χ1) is 8.79. The molecular formula is C12H15NO6. The molecule has 0 spiro atoms. The predicted octanol–water partition coefficient (Wildman–Crippen LogP) is 0.630. The SMILES string of the molecule is CC(c1cc(O)cc(O)c1)N(CC(=O)O)CC(=O)O. The van der Waals surface area contributed by atoms with E-state index in [0.717, 1.165) is 6.07 Å². The van der Waals surface area contributed by atoms with Gasteiger partial charge in [-0.05, 0) is 24.6 Å². The first kappa shape index (κ1) is 14.8. The quantitative estimate of drug-likeness (QED) is 0.598. The van der Waals surface area contributed by atoms with Gasteiger partial charge in [-0.1, -0.05) is 0 Å². The van der Waals surface area contributed by atoms with Crippen LogP contribution in [-0.4, -0.2) is 50.4 Å². The molecule has 4 N–H and O–H groups in total. The Morgan fingerprint density at radius 3 is 1.84 bits per heavy atom. The summed E-state index contributed by atoms with van der Waals surface area (Å²) in [4.78, 5) is 22.7. The molecule has 1 aromatic carbocycles. The second-order valence-electron chi connectivity index (χ2n) is 4.15. The van der Waals surface area contributed by atoms with Crippen molar-refractivity contribution >= 4 is 11.9 Å². The van der Waals surface area contributed by atoms with Gasteiger partial charge in [-0.3, -0.25) is 14.5 Å². The highest BCUT2D eigenvalue weighted by molar-refractivity contribution is 5.72. The summed E-state index contributed by atoms with van der Waals surface area (Å²) in [6.45, 7) is 0.688. The monoisotopic (exact) mass is 269 g/mol. The van der Waals surface area contributed by atoms with Crippen molar-refractivity contribution < 1.29 is 30.0 Å². The van der Waals surface area contributed by atoms with Crippen LogP contribution in [0.4, 0.5) is 0 Å². The molecule has 1 rings (SSSR count). The van der Waals surface area contributed by atoms with Crippen molar-refractivity contribution in [3.05, 3.63) is 23.8 Å². The van der Waals surface area contributed by atoms with Gasteiger partial charge in [-0.25, -0.2) is 0 Å². The summed E-state index contributed by atoms with van der Waals surface area (Å²) in [6, 6.07) is 3.25. The number of phenolic OH excluding ortho intramolecular Hbond substituents is 2. The zero-order chi connectivity index (χ0) is 14.6. The number of aliphatic carboxylic acids is 2. The fourth-order valence-electron chi connectivity index (χ4n) is 1.75. The fourth-order valence-corrected chi connectivity index (χ4v) is 1.75. The lowest BCUT2D eigenvalue weighted by molar-refractivity contribution is -0.142.